The summed E-state index contributed by atoms with van der Waals surface area (Å²) in [5.74, 6) is 0. The lowest BCUT2D eigenvalue weighted by Crippen LogP contribution is -1.99. The zero-order valence-corrected chi connectivity index (χ0v) is 80.0. The van der Waals surface area contributed by atoms with Crippen LogP contribution in [0.1, 0.15) is 38.9 Å². The van der Waals surface area contributed by atoms with E-state index in [0.717, 1.165) is 232 Å². The lowest BCUT2D eigenvalue weighted by molar-refractivity contribution is 1.18. The smallest absolute Gasteiger partial charge is 0.189 e. The van der Waals surface area contributed by atoms with Gasteiger partial charge in [0, 0.05) is 98.5 Å². The maximum Gasteiger partial charge on any atom is 0.189 e. The molecule has 27 rings (SSSR count). The van der Waals surface area contributed by atoms with Crippen LogP contribution in [-0.4, -0.2) is 27.4 Å². The van der Waals surface area contributed by atoms with Gasteiger partial charge in [-0.1, -0.05) is 243 Å². The minimum atomic E-state index is 0.568. The van der Waals surface area contributed by atoms with E-state index in [2.05, 4.69) is 268 Å². The largest absolute Gasteiger partial charge is 0.310 e. The first-order valence-electron chi connectivity index (χ1n) is 48.8. The molecule has 0 aliphatic heterocycles. The van der Waals surface area contributed by atoms with E-state index >= 15 is 0 Å². The summed E-state index contributed by atoms with van der Waals surface area (Å²) >= 11 is 0. The van der Waals surface area contributed by atoms with Gasteiger partial charge in [0.2, 0.25) is 0 Å². The van der Waals surface area contributed by atoms with Crippen LogP contribution in [-0.2, 0) is 0 Å². The van der Waals surface area contributed by atoms with Gasteiger partial charge < -0.3 is 27.4 Å². The molecule has 0 fully saturated rings. The zero-order valence-electron chi connectivity index (χ0n) is 80.0. The third-order valence-electron chi connectivity index (χ3n) is 28.9. The van der Waals surface area contributed by atoms with Crippen molar-refractivity contribution in [3.05, 3.63) is 517 Å². The normalized spacial score (nSPS) is 11.1. The summed E-state index contributed by atoms with van der Waals surface area (Å²) in [6.45, 7) is 15.3. The molecule has 6 aromatic heterocycles. The van der Waals surface area contributed by atoms with Crippen molar-refractivity contribution in [1.29, 1.82) is 36.8 Å². The van der Waals surface area contributed by atoms with E-state index in [1.807, 2.05) is 267 Å². The lowest BCUT2D eigenvalue weighted by atomic mass is 9.92. The molecule has 0 bridgehead atoms. The maximum atomic E-state index is 10.0. The number of nitrogens with zero attached hydrogens (tertiary/aromatic N) is 15. The summed E-state index contributed by atoms with van der Waals surface area (Å²) in [5.41, 5.74) is 35.7. The van der Waals surface area contributed by atoms with Crippen LogP contribution in [0.15, 0.2) is 455 Å². The van der Waals surface area contributed by atoms with E-state index in [4.69, 9.17) is 13.1 Å². The first-order chi connectivity index (χ1) is 74.0. The van der Waals surface area contributed by atoms with Crippen molar-refractivity contribution < 1.29 is 0 Å². The van der Waals surface area contributed by atoms with Crippen LogP contribution < -0.4 is 0 Å². The third kappa shape index (κ3) is 14.9. The molecule has 6 heterocycles. The van der Waals surface area contributed by atoms with Crippen molar-refractivity contribution in [2.75, 3.05) is 0 Å². The predicted molar refractivity (Wildman–Crippen MR) is 604 cm³/mol. The number of para-hydroxylation sites is 6. The number of rotatable bonds is 12. The Balaban J connectivity index is 0.000000116. The van der Waals surface area contributed by atoms with Crippen molar-refractivity contribution in [2.45, 2.75) is 0 Å². The summed E-state index contributed by atoms with van der Waals surface area (Å²) < 4.78 is 13.4. The van der Waals surface area contributed by atoms with Crippen molar-refractivity contribution in [2.24, 2.45) is 0 Å². The minimum absolute atomic E-state index is 0.568. The van der Waals surface area contributed by atoms with Crippen molar-refractivity contribution in [3.8, 4) is 143 Å². The molecule has 0 radical (unpaired) electrons. The third-order valence-corrected chi connectivity index (χ3v) is 28.9. The summed E-state index contributed by atoms with van der Waals surface area (Å²) in [7, 11) is 0. The summed E-state index contributed by atoms with van der Waals surface area (Å²) in [5, 5.41) is 81.4. The number of benzene rings is 21. The second kappa shape index (κ2) is 37.0. The highest BCUT2D eigenvalue weighted by Gasteiger charge is 2.27. The van der Waals surface area contributed by atoms with E-state index in [1.165, 1.54) is 0 Å². The molecule has 0 amide bonds. The molecule has 15 heteroatoms. The van der Waals surface area contributed by atoms with Gasteiger partial charge in [-0.2, -0.15) is 36.8 Å². The van der Waals surface area contributed by atoms with Gasteiger partial charge in [-0.3, -0.25) is 0 Å². The molecular formula is C135H75N15. The molecule has 0 aliphatic carbocycles. The van der Waals surface area contributed by atoms with Gasteiger partial charge >= 0.3 is 0 Å². The Kier molecular flexibility index (Phi) is 22.0. The zero-order chi connectivity index (χ0) is 101. The number of nitriles is 7. The average molecular weight is 1910 g/mol. The fourth-order valence-electron chi connectivity index (χ4n) is 22.2. The first-order valence-corrected chi connectivity index (χ1v) is 48.8. The highest BCUT2D eigenvalue weighted by Crippen LogP contribution is 2.49. The molecule has 0 atom stereocenters. The molecule has 0 N–H and O–H groups in total. The highest BCUT2D eigenvalue weighted by molar-refractivity contribution is 6.17. The van der Waals surface area contributed by atoms with Crippen molar-refractivity contribution in [1.82, 2.24) is 27.4 Å². The van der Waals surface area contributed by atoms with Gasteiger partial charge in [0.05, 0.1) is 172 Å². The molecule has 690 valence electrons. The van der Waals surface area contributed by atoms with Gasteiger partial charge in [-0.15, -0.1) is 0 Å². The Bertz CT molecular complexity index is 10500. The fourth-order valence-corrected chi connectivity index (χ4v) is 22.2. The second-order valence-corrected chi connectivity index (χ2v) is 36.9. The molecular weight excluding hydrogens is 1830 g/mol. The van der Waals surface area contributed by atoms with Gasteiger partial charge in [-0.05, 0) is 268 Å². The molecule has 0 saturated heterocycles. The van der Waals surface area contributed by atoms with Crippen molar-refractivity contribution >= 4 is 142 Å². The first kappa shape index (κ1) is 89.2. The van der Waals surface area contributed by atoms with Gasteiger partial charge in [0.25, 0.3) is 0 Å². The molecule has 15 nitrogen and oxygen atoms in total. The molecule has 0 aliphatic rings. The van der Waals surface area contributed by atoms with Gasteiger partial charge in [0.15, 0.2) is 11.4 Å². The Hall–Kier alpha value is -22.2. The van der Waals surface area contributed by atoms with Crippen LogP contribution in [0.4, 0.5) is 11.4 Å². The molecule has 0 unspecified atom stereocenters. The fraction of sp³-hybridized carbons (Fsp3) is 0. The van der Waals surface area contributed by atoms with Crippen LogP contribution in [0, 0.1) is 92.5 Å². The average Bonchev–Trinajstić information content (AvgIpc) is 1.58. The Labute approximate surface area is 860 Å². The van der Waals surface area contributed by atoms with Gasteiger partial charge in [-0.25, -0.2) is 9.69 Å². The van der Waals surface area contributed by atoms with Crippen LogP contribution in [0.3, 0.4) is 0 Å². The quantitative estimate of drug-likeness (QED) is 0.108. The minimum Gasteiger partial charge on any atom is -0.310 e. The van der Waals surface area contributed by atoms with Gasteiger partial charge in [0.1, 0.15) is 0 Å². The number of hydrogen-bond donors (Lipinski definition) is 0. The van der Waals surface area contributed by atoms with E-state index in [-0.39, 0.29) is 0 Å². The molecule has 27 aromatic rings. The van der Waals surface area contributed by atoms with E-state index < -0.39 is 0 Å². The highest BCUT2D eigenvalue weighted by atomic mass is 15.0. The number of aromatic nitrogens is 6. The van der Waals surface area contributed by atoms with Crippen LogP contribution in [0.25, 0.3) is 241 Å². The standard InChI is InChI=1S/3C45H25N5/c1-48-32-18-21-38-36-10-4-7-13-42(36)50(45(38)26-32)44-23-15-29(27-46)24-39(44)35-9-3-2-8-34(35)31-16-19-33(20-17-31)49-41-12-6-5-11-37(41)40-25-30(28-47)14-22-43(40)49;1-48-32-18-23-45-40(26-32)37-11-5-7-13-42(37)50(45)44-22-15-29(27-46)24-38(44)35-9-3-2-8-34(35)31-16-19-33(20-17-31)49-41-12-6-4-10-36(41)39-25-30(28-47)14-21-43(39)49;46-26-29-17-23-43(50-41-14-6-4-12-37(41)45-32(28-48)8-7-15-44(45)50)38(24-29)35-10-2-1-9-34(35)31-18-20-33(21-19-31)49-40-13-5-3-11-36(40)39-25-30(27-47)16-22-42(39)49/h2*2-26H;1-25H. The van der Waals surface area contributed by atoms with E-state index in [9.17, 15) is 36.8 Å². The Morgan fingerprint density at radius 2 is 0.420 bits per heavy atom. The van der Waals surface area contributed by atoms with Crippen molar-refractivity contribution in [3.63, 3.8) is 0 Å². The number of fused-ring (bicyclic) bond motifs is 18. The molecule has 0 spiro atoms. The molecule has 150 heavy (non-hydrogen) atoms. The van der Waals surface area contributed by atoms with E-state index in [1.54, 1.807) is 0 Å². The summed E-state index contributed by atoms with van der Waals surface area (Å²) in [4.78, 5) is 7.43. The molecule has 0 saturated carbocycles. The van der Waals surface area contributed by atoms with Crippen LogP contribution >= 0.6 is 0 Å². The summed E-state index contributed by atoms with van der Waals surface area (Å²) in [6.07, 6.45) is 0. The number of hydrogen-bond acceptors (Lipinski definition) is 7. The SMILES string of the molecule is N#Cc1ccc(-n2c3ccccc3c3c(C#N)cccc32)c(-c2ccccc2-c2ccc(-n3c4ccccc4c4cc(C#N)ccc43)cc2)c1.[C-]#[N+]c1ccc2c(c1)c1ccccc1n2-c1ccc(C#N)cc1-c1ccccc1-c1ccc(-n2c3ccccc3c3cc(C#N)ccc32)cc1.[C-]#[N+]c1ccc2c3ccccc3n(-c3ccc(C#N)cc3-c3ccccc3-c3ccc(-n4c5ccccc5c5cc(C#N)ccc54)cc3)c2c1. The maximum absolute atomic E-state index is 10.0. The summed E-state index contributed by atoms with van der Waals surface area (Å²) in [6, 6.07) is 169. The van der Waals surface area contributed by atoms with Crippen LogP contribution in [0.5, 0.6) is 0 Å². The lowest BCUT2D eigenvalue weighted by Gasteiger charge is -2.18. The topological polar surface area (TPSA) is 205 Å². The predicted octanol–water partition coefficient (Wildman–Crippen LogP) is 33.8. The van der Waals surface area contributed by atoms with E-state index in [0.29, 0.717) is 50.3 Å². The molecule has 21 aromatic carbocycles. The Morgan fingerprint density at radius 1 is 0.167 bits per heavy atom. The monoisotopic (exact) mass is 1910 g/mol. The Morgan fingerprint density at radius 3 is 0.780 bits per heavy atom. The van der Waals surface area contributed by atoms with Crippen LogP contribution in [0.2, 0.25) is 0 Å². The second-order valence-electron chi connectivity index (χ2n) is 36.9.